The van der Waals surface area contributed by atoms with Crippen LogP contribution < -0.4 is 4.72 Å². The summed E-state index contributed by atoms with van der Waals surface area (Å²) in [5.74, 6) is -0.420. The van der Waals surface area contributed by atoms with Crippen LogP contribution in [0.25, 0.3) is 10.2 Å². The van der Waals surface area contributed by atoms with E-state index in [2.05, 4.69) is 9.71 Å². The summed E-state index contributed by atoms with van der Waals surface area (Å²) in [6.45, 7) is 7.48. The van der Waals surface area contributed by atoms with Gasteiger partial charge in [-0.2, -0.15) is 0 Å². The number of anilines is 1. The molecular weight excluding hydrogens is 384 g/mol. The summed E-state index contributed by atoms with van der Waals surface area (Å²) in [7, 11) is -3.81. The van der Waals surface area contributed by atoms with E-state index in [1.807, 2.05) is 32.0 Å². The summed E-state index contributed by atoms with van der Waals surface area (Å²) in [4.78, 5) is 17.4. The predicted octanol–water partition coefficient (Wildman–Crippen LogP) is 4.20. The van der Waals surface area contributed by atoms with E-state index >= 15 is 0 Å². The van der Waals surface area contributed by atoms with Crippen molar-refractivity contribution in [1.29, 1.82) is 0 Å². The van der Waals surface area contributed by atoms with E-state index in [4.69, 9.17) is 4.74 Å². The average Bonchev–Trinajstić information content (AvgIpc) is 2.95. The Kier molecular flexibility index (Phi) is 5.21. The van der Waals surface area contributed by atoms with E-state index in [1.54, 1.807) is 19.9 Å². The number of sulfonamides is 1. The lowest BCUT2D eigenvalue weighted by Gasteiger charge is -2.13. The standard InChI is InChI=1S/C19H20N2O4S2/c1-5-25-19(22)17-13(4)15-9-14(10-20-18(15)26-17)27(23,24)21-16-11(2)7-6-8-12(16)3/h6-10,21H,5H2,1-4H3. The van der Waals surface area contributed by atoms with Crippen molar-refractivity contribution in [3.05, 3.63) is 52.0 Å². The van der Waals surface area contributed by atoms with Gasteiger partial charge in [0.2, 0.25) is 0 Å². The largest absolute Gasteiger partial charge is 0.462 e. The molecule has 0 radical (unpaired) electrons. The van der Waals surface area contributed by atoms with Crippen LogP contribution in [0.2, 0.25) is 0 Å². The second-order valence-corrected chi connectivity index (χ2v) is 8.85. The number of carbonyl (C=O) groups excluding carboxylic acids is 1. The van der Waals surface area contributed by atoms with Gasteiger partial charge in [-0.25, -0.2) is 18.2 Å². The molecule has 2 aromatic heterocycles. The number of hydrogen-bond acceptors (Lipinski definition) is 6. The summed E-state index contributed by atoms with van der Waals surface area (Å²) in [5, 5.41) is 0.632. The van der Waals surface area contributed by atoms with Crippen LogP contribution in [0.3, 0.4) is 0 Å². The molecule has 1 N–H and O–H groups in total. The highest BCUT2D eigenvalue weighted by molar-refractivity contribution is 7.92. The van der Waals surface area contributed by atoms with Crippen molar-refractivity contribution in [2.24, 2.45) is 0 Å². The Bertz CT molecular complexity index is 1110. The van der Waals surface area contributed by atoms with Gasteiger partial charge in [0.25, 0.3) is 10.0 Å². The Morgan fingerprint density at radius 1 is 1.22 bits per heavy atom. The first-order valence-corrected chi connectivity index (χ1v) is 10.7. The van der Waals surface area contributed by atoms with Gasteiger partial charge >= 0.3 is 5.97 Å². The summed E-state index contributed by atoms with van der Waals surface area (Å²) in [5.41, 5.74) is 2.91. The lowest BCUT2D eigenvalue weighted by Crippen LogP contribution is -2.15. The van der Waals surface area contributed by atoms with Gasteiger partial charge in [-0.3, -0.25) is 4.72 Å². The van der Waals surface area contributed by atoms with Crippen molar-refractivity contribution in [1.82, 2.24) is 4.98 Å². The fraction of sp³-hybridized carbons (Fsp3) is 0.263. The Labute approximate surface area is 162 Å². The number of thiophene rings is 1. The number of ether oxygens (including phenoxy) is 1. The van der Waals surface area contributed by atoms with Crippen molar-refractivity contribution in [2.75, 3.05) is 11.3 Å². The van der Waals surface area contributed by atoms with Gasteiger partial charge in [-0.1, -0.05) is 18.2 Å². The molecule has 8 heteroatoms. The van der Waals surface area contributed by atoms with Crippen molar-refractivity contribution >= 4 is 43.2 Å². The van der Waals surface area contributed by atoms with Gasteiger partial charge in [0.05, 0.1) is 12.3 Å². The van der Waals surface area contributed by atoms with Crippen LogP contribution in [0.1, 0.15) is 33.3 Å². The second kappa shape index (κ2) is 7.28. The maximum absolute atomic E-state index is 12.9. The third-order valence-electron chi connectivity index (χ3n) is 4.26. The van der Waals surface area contributed by atoms with Crippen LogP contribution in [-0.4, -0.2) is 26.0 Å². The molecule has 27 heavy (non-hydrogen) atoms. The molecule has 0 unspecified atom stereocenters. The van der Waals surface area contributed by atoms with E-state index < -0.39 is 16.0 Å². The number of nitrogens with one attached hydrogen (secondary N) is 1. The molecule has 1 aromatic carbocycles. The van der Waals surface area contributed by atoms with Gasteiger partial charge in [-0.15, -0.1) is 11.3 Å². The fourth-order valence-corrected chi connectivity index (χ4v) is 4.98. The number of pyridine rings is 1. The molecular formula is C19H20N2O4S2. The quantitative estimate of drug-likeness (QED) is 0.644. The van der Waals surface area contributed by atoms with Gasteiger partial charge in [0.15, 0.2) is 0 Å². The minimum Gasteiger partial charge on any atom is -0.462 e. The third-order valence-corrected chi connectivity index (χ3v) is 6.77. The number of benzene rings is 1. The molecule has 0 amide bonds. The summed E-state index contributed by atoms with van der Waals surface area (Å²) in [6, 6.07) is 7.12. The van der Waals surface area contributed by atoms with Crippen LogP contribution in [-0.2, 0) is 14.8 Å². The predicted molar refractivity (Wildman–Crippen MR) is 107 cm³/mol. The number of nitrogens with zero attached hydrogens (tertiary/aromatic N) is 1. The minimum atomic E-state index is -3.81. The van der Waals surface area contributed by atoms with E-state index in [0.717, 1.165) is 11.1 Å². The van der Waals surface area contributed by atoms with Gasteiger partial charge in [0, 0.05) is 11.6 Å². The highest BCUT2D eigenvalue weighted by atomic mass is 32.2. The van der Waals surface area contributed by atoms with Crippen LogP contribution in [0.5, 0.6) is 0 Å². The van der Waals surface area contributed by atoms with Crippen molar-refractivity contribution in [3.63, 3.8) is 0 Å². The van der Waals surface area contributed by atoms with Crippen molar-refractivity contribution < 1.29 is 17.9 Å². The smallest absolute Gasteiger partial charge is 0.348 e. The number of hydrogen-bond donors (Lipinski definition) is 1. The summed E-state index contributed by atoms with van der Waals surface area (Å²) >= 11 is 1.20. The first-order chi connectivity index (χ1) is 12.7. The number of aryl methyl sites for hydroxylation is 3. The number of fused-ring (bicyclic) bond motifs is 1. The highest BCUT2D eigenvalue weighted by Crippen LogP contribution is 2.32. The van der Waals surface area contributed by atoms with Crippen LogP contribution in [0.15, 0.2) is 35.4 Å². The molecule has 0 aliphatic carbocycles. The molecule has 0 spiro atoms. The molecule has 0 bridgehead atoms. The maximum Gasteiger partial charge on any atom is 0.348 e. The summed E-state index contributed by atoms with van der Waals surface area (Å²) in [6.07, 6.45) is 1.31. The van der Waals surface area contributed by atoms with E-state index in [9.17, 15) is 13.2 Å². The Balaban J connectivity index is 2.03. The van der Waals surface area contributed by atoms with E-state index in [-0.39, 0.29) is 11.5 Å². The molecule has 3 aromatic rings. The van der Waals surface area contributed by atoms with Gasteiger partial charge < -0.3 is 4.74 Å². The lowest BCUT2D eigenvalue weighted by atomic mass is 10.1. The Hall–Kier alpha value is -2.45. The molecule has 0 aliphatic rings. The lowest BCUT2D eigenvalue weighted by molar-refractivity contribution is 0.0531. The molecule has 0 saturated carbocycles. The highest BCUT2D eigenvalue weighted by Gasteiger charge is 2.22. The normalized spacial score (nSPS) is 11.6. The number of carbonyl (C=O) groups is 1. The second-order valence-electron chi connectivity index (χ2n) is 6.17. The SMILES string of the molecule is CCOC(=O)c1sc2ncc(S(=O)(=O)Nc3c(C)cccc3C)cc2c1C. The van der Waals surface area contributed by atoms with E-state index in [0.29, 0.717) is 26.3 Å². The minimum absolute atomic E-state index is 0.0500. The van der Waals surface area contributed by atoms with Crippen molar-refractivity contribution in [2.45, 2.75) is 32.6 Å². The molecule has 3 rings (SSSR count). The van der Waals surface area contributed by atoms with E-state index in [1.165, 1.54) is 17.5 Å². The zero-order chi connectivity index (χ0) is 19.8. The number of para-hydroxylation sites is 1. The number of esters is 1. The first-order valence-electron chi connectivity index (χ1n) is 8.40. The molecule has 6 nitrogen and oxygen atoms in total. The Morgan fingerprint density at radius 2 is 1.89 bits per heavy atom. The molecule has 142 valence electrons. The zero-order valence-corrected chi connectivity index (χ0v) is 17.1. The maximum atomic E-state index is 12.9. The monoisotopic (exact) mass is 404 g/mol. The number of rotatable bonds is 5. The third kappa shape index (κ3) is 3.68. The first kappa shape index (κ1) is 19.3. The fourth-order valence-electron chi connectivity index (χ4n) is 2.79. The molecule has 2 heterocycles. The topological polar surface area (TPSA) is 85.4 Å². The van der Waals surface area contributed by atoms with Crippen LogP contribution in [0, 0.1) is 20.8 Å². The van der Waals surface area contributed by atoms with Crippen LogP contribution >= 0.6 is 11.3 Å². The molecule has 0 saturated heterocycles. The molecule has 0 aliphatic heterocycles. The van der Waals surface area contributed by atoms with Gasteiger partial charge in [-0.05, 0) is 50.5 Å². The summed E-state index contributed by atoms with van der Waals surface area (Å²) < 4.78 is 33.4. The number of aromatic nitrogens is 1. The van der Waals surface area contributed by atoms with Crippen molar-refractivity contribution in [3.8, 4) is 0 Å². The average molecular weight is 405 g/mol. The van der Waals surface area contributed by atoms with Crippen LogP contribution in [0.4, 0.5) is 5.69 Å². The molecule has 0 fully saturated rings. The van der Waals surface area contributed by atoms with Gasteiger partial charge in [0.1, 0.15) is 14.6 Å². The zero-order valence-electron chi connectivity index (χ0n) is 15.5. The molecule has 0 atom stereocenters. The Morgan fingerprint density at radius 3 is 2.52 bits per heavy atom.